The molecule has 2 atom stereocenters. The summed E-state index contributed by atoms with van der Waals surface area (Å²) < 4.78 is 6.87. The van der Waals surface area contributed by atoms with Crippen LogP contribution in [0.2, 0.25) is 0 Å². The summed E-state index contributed by atoms with van der Waals surface area (Å²) in [7, 11) is 3.40. The molecule has 1 aromatic heterocycles. The summed E-state index contributed by atoms with van der Waals surface area (Å²) in [6, 6.07) is 7.39. The molecule has 0 radical (unpaired) electrons. The summed E-state index contributed by atoms with van der Waals surface area (Å²) in [6.07, 6.45) is 4.74. The predicted molar refractivity (Wildman–Crippen MR) is 117 cm³/mol. The number of amides is 2. The quantitative estimate of drug-likeness (QED) is 0.624. The zero-order chi connectivity index (χ0) is 21.5. The number of hydrogen-bond acceptors (Lipinski definition) is 6. The van der Waals surface area contributed by atoms with Gasteiger partial charge in [-0.2, -0.15) is 0 Å². The molecular formula is C21H29N5O3S. The number of anilines is 1. The highest BCUT2D eigenvalue weighted by atomic mass is 32.2. The minimum absolute atomic E-state index is 0.0144. The van der Waals surface area contributed by atoms with E-state index in [1.165, 1.54) is 31.0 Å². The second-order valence-electron chi connectivity index (χ2n) is 7.64. The average Bonchev–Trinajstić information content (AvgIpc) is 3.08. The van der Waals surface area contributed by atoms with Gasteiger partial charge in [-0.15, -0.1) is 10.2 Å². The topological polar surface area (TPSA) is 98.1 Å². The van der Waals surface area contributed by atoms with Crippen molar-refractivity contribution in [1.29, 1.82) is 0 Å². The number of thioether (sulfide) groups is 1. The summed E-state index contributed by atoms with van der Waals surface area (Å²) >= 11 is 1.33. The van der Waals surface area contributed by atoms with E-state index in [1.54, 1.807) is 43.0 Å². The predicted octanol–water partition coefficient (Wildman–Crippen LogP) is 2.79. The first kappa shape index (κ1) is 22.1. The molecule has 2 amide bonds. The van der Waals surface area contributed by atoms with Gasteiger partial charge in [-0.25, -0.2) is 0 Å². The number of benzene rings is 1. The first-order chi connectivity index (χ1) is 14.5. The fourth-order valence-corrected chi connectivity index (χ4v) is 4.30. The van der Waals surface area contributed by atoms with Gasteiger partial charge in [-0.1, -0.05) is 31.5 Å². The van der Waals surface area contributed by atoms with Crippen LogP contribution in [0.5, 0.6) is 5.75 Å². The number of methoxy groups -OCH3 is 1. The Hall–Kier alpha value is -2.55. The van der Waals surface area contributed by atoms with Crippen molar-refractivity contribution in [3.05, 3.63) is 30.1 Å². The highest BCUT2D eigenvalue weighted by Crippen LogP contribution is 2.24. The van der Waals surface area contributed by atoms with E-state index < -0.39 is 0 Å². The summed E-state index contributed by atoms with van der Waals surface area (Å²) in [4.78, 5) is 24.6. The van der Waals surface area contributed by atoms with Crippen LogP contribution < -0.4 is 15.4 Å². The van der Waals surface area contributed by atoms with Crippen LogP contribution in [0.15, 0.2) is 29.4 Å². The lowest BCUT2D eigenvalue weighted by Crippen LogP contribution is -2.41. The molecule has 9 heteroatoms. The molecule has 8 nitrogen and oxygen atoms in total. The van der Waals surface area contributed by atoms with Crippen molar-refractivity contribution in [1.82, 2.24) is 20.1 Å². The van der Waals surface area contributed by atoms with Gasteiger partial charge in [0, 0.05) is 18.8 Å². The van der Waals surface area contributed by atoms with Crippen molar-refractivity contribution >= 4 is 29.3 Å². The lowest BCUT2D eigenvalue weighted by Gasteiger charge is -2.29. The van der Waals surface area contributed by atoms with Gasteiger partial charge in [0.1, 0.15) is 11.6 Å². The van der Waals surface area contributed by atoms with Gasteiger partial charge < -0.3 is 19.9 Å². The van der Waals surface area contributed by atoms with Gasteiger partial charge in [-0.05, 0) is 43.0 Å². The molecule has 162 valence electrons. The van der Waals surface area contributed by atoms with Crippen LogP contribution in [0.4, 0.5) is 5.69 Å². The molecule has 30 heavy (non-hydrogen) atoms. The maximum Gasteiger partial charge on any atom is 0.232 e. The molecular weight excluding hydrogens is 402 g/mol. The van der Waals surface area contributed by atoms with Crippen molar-refractivity contribution in [3.8, 4) is 5.75 Å². The first-order valence-corrected chi connectivity index (χ1v) is 11.2. The number of aromatic nitrogens is 3. The molecule has 0 saturated heterocycles. The molecule has 3 rings (SSSR count). The Morgan fingerprint density at radius 2 is 1.90 bits per heavy atom. The van der Waals surface area contributed by atoms with Gasteiger partial charge in [0.2, 0.25) is 11.8 Å². The van der Waals surface area contributed by atoms with E-state index in [1.807, 2.05) is 0 Å². The Bertz CT molecular complexity index is 868. The van der Waals surface area contributed by atoms with Crippen LogP contribution in [0.3, 0.4) is 0 Å². The van der Waals surface area contributed by atoms with Crippen LogP contribution in [0, 0.1) is 5.92 Å². The molecule has 1 aromatic carbocycles. The number of nitrogens with one attached hydrogen (secondary N) is 2. The minimum Gasteiger partial charge on any atom is -0.497 e. The molecule has 1 fully saturated rings. The Morgan fingerprint density at radius 1 is 1.17 bits per heavy atom. The zero-order valence-electron chi connectivity index (χ0n) is 17.7. The van der Waals surface area contributed by atoms with Crippen LogP contribution in [0.25, 0.3) is 0 Å². The zero-order valence-corrected chi connectivity index (χ0v) is 18.5. The molecule has 0 spiro atoms. The Balaban J connectivity index is 1.48. The van der Waals surface area contributed by atoms with E-state index in [9.17, 15) is 9.59 Å². The van der Waals surface area contributed by atoms with Crippen LogP contribution >= 0.6 is 11.8 Å². The minimum atomic E-state index is -0.184. The van der Waals surface area contributed by atoms with Crippen LogP contribution in [-0.2, 0) is 23.1 Å². The number of ether oxygens (including phenoxy) is 1. The Morgan fingerprint density at radius 3 is 2.60 bits per heavy atom. The highest BCUT2D eigenvalue weighted by molar-refractivity contribution is 7.99. The van der Waals surface area contributed by atoms with Gasteiger partial charge in [0.05, 0.1) is 19.3 Å². The molecule has 1 aliphatic rings. The molecule has 1 saturated carbocycles. The molecule has 0 unspecified atom stereocenters. The van der Waals surface area contributed by atoms with Gasteiger partial charge >= 0.3 is 0 Å². The molecule has 2 aromatic rings. The Labute approximate surface area is 181 Å². The van der Waals surface area contributed by atoms with Crippen molar-refractivity contribution in [3.63, 3.8) is 0 Å². The molecule has 2 N–H and O–H groups in total. The van der Waals surface area contributed by atoms with Crippen molar-refractivity contribution < 1.29 is 14.3 Å². The van der Waals surface area contributed by atoms with E-state index in [0.29, 0.717) is 22.6 Å². The number of carbonyl (C=O) groups is 2. The van der Waals surface area contributed by atoms with Crippen molar-refractivity contribution in [2.24, 2.45) is 13.0 Å². The van der Waals surface area contributed by atoms with E-state index in [-0.39, 0.29) is 30.0 Å². The second kappa shape index (κ2) is 10.5. The number of nitrogens with zero attached hydrogens (tertiary/aromatic N) is 3. The molecule has 1 aliphatic carbocycles. The van der Waals surface area contributed by atoms with E-state index >= 15 is 0 Å². The molecule has 0 bridgehead atoms. The van der Waals surface area contributed by atoms with Crippen molar-refractivity contribution in [2.75, 3.05) is 18.2 Å². The first-order valence-electron chi connectivity index (χ1n) is 10.2. The van der Waals surface area contributed by atoms with Gasteiger partial charge in [-0.3, -0.25) is 9.59 Å². The highest BCUT2D eigenvalue weighted by Gasteiger charge is 2.23. The van der Waals surface area contributed by atoms with Crippen LogP contribution in [-0.4, -0.2) is 45.5 Å². The lowest BCUT2D eigenvalue weighted by molar-refractivity contribution is -0.120. The van der Waals surface area contributed by atoms with Gasteiger partial charge in [0.25, 0.3) is 0 Å². The maximum absolute atomic E-state index is 12.3. The largest absolute Gasteiger partial charge is 0.497 e. The monoisotopic (exact) mass is 431 g/mol. The average molecular weight is 432 g/mol. The summed E-state index contributed by atoms with van der Waals surface area (Å²) in [5.41, 5.74) is 0.686. The van der Waals surface area contributed by atoms with Gasteiger partial charge in [0.15, 0.2) is 5.16 Å². The van der Waals surface area contributed by atoms with E-state index in [2.05, 4.69) is 27.8 Å². The number of hydrogen-bond donors (Lipinski definition) is 2. The SMILES string of the molecule is COc1ccc(NC(=O)Cc2nnc(SCC(=O)N[C@@H]3CCCC[C@H]3C)n2C)cc1. The van der Waals surface area contributed by atoms with Crippen molar-refractivity contribution in [2.45, 2.75) is 50.2 Å². The third-order valence-corrected chi connectivity index (χ3v) is 6.43. The smallest absolute Gasteiger partial charge is 0.232 e. The fourth-order valence-electron chi connectivity index (χ4n) is 3.56. The standard InChI is InChI=1S/C21H29N5O3S/c1-14-6-4-5-7-17(14)23-20(28)13-30-21-25-24-18(26(21)2)12-19(27)22-15-8-10-16(29-3)11-9-15/h8-11,14,17H,4-7,12-13H2,1-3H3,(H,22,27)(H,23,28)/t14-,17-/m1/s1. The van der Waals surface area contributed by atoms with E-state index in [4.69, 9.17) is 4.74 Å². The number of carbonyl (C=O) groups excluding carboxylic acids is 2. The normalized spacial score (nSPS) is 18.6. The Kier molecular flexibility index (Phi) is 7.73. The summed E-state index contributed by atoms with van der Waals surface area (Å²) in [5.74, 6) is 1.91. The summed E-state index contributed by atoms with van der Waals surface area (Å²) in [6.45, 7) is 2.20. The maximum atomic E-state index is 12.3. The third kappa shape index (κ3) is 5.98. The fraction of sp³-hybridized carbons (Fsp3) is 0.524. The second-order valence-corrected chi connectivity index (χ2v) is 8.58. The van der Waals surface area contributed by atoms with Crippen LogP contribution in [0.1, 0.15) is 38.4 Å². The number of rotatable bonds is 8. The lowest BCUT2D eigenvalue weighted by atomic mass is 9.86. The molecule has 1 heterocycles. The third-order valence-electron chi connectivity index (χ3n) is 5.41. The summed E-state index contributed by atoms with van der Waals surface area (Å²) in [5, 5.41) is 14.8. The van der Waals surface area contributed by atoms with E-state index in [0.717, 1.165) is 12.2 Å². The molecule has 0 aliphatic heterocycles.